The van der Waals surface area contributed by atoms with Crippen LogP contribution in [0.4, 0.5) is 10.2 Å². The predicted molar refractivity (Wildman–Crippen MR) is 105 cm³/mol. The lowest BCUT2D eigenvalue weighted by atomic mass is 10.1. The van der Waals surface area contributed by atoms with Crippen LogP contribution in [0.25, 0.3) is 0 Å². The van der Waals surface area contributed by atoms with Crippen molar-refractivity contribution in [2.75, 3.05) is 11.9 Å². The zero-order chi connectivity index (χ0) is 19.1. The van der Waals surface area contributed by atoms with E-state index in [1.807, 2.05) is 12.1 Å². The molecular formula is C22H22FN3O. The van der Waals surface area contributed by atoms with Crippen LogP contribution in [0.15, 0.2) is 66.9 Å². The highest BCUT2D eigenvalue weighted by Gasteiger charge is 2.08. The first kappa shape index (κ1) is 18.6. The van der Waals surface area contributed by atoms with Gasteiger partial charge in [-0.1, -0.05) is 42.5 Å². The highest BCUT2D eigenvalue weighted by atomic mass is 19.1. The molecule has 0 spiro atoms. The molecule has 1 aromatic heterocycles. The maximum Gasteiger partial charge on any atom is 0.251 e. The number of rotatable bonds is 7. The van der Waals surface area contributed by atoms with Crippen molar-refractivity contribution in [1.82, 2.24) is 10.3 Å². The van der Waals surface area contributed by atoms with Gasteiger partial charge in [0.05, 0.1) is 0 Å². The van der Waals surface area contributed by atoms with Crippen molar-refractivity contribution < 1.29 is 9.18 Å². The minimum absolute atomic E-state index is 0.201. The van der Waals surface area contributed by atoms with E-state index in [2.05, 4.69) is 34.7 Å². The van der Waals surface area contributed by atoms with E-state index in [1.54, 1.807) is 36.5 Å². The van der Waals surface area contributed by atoms with Crippen LogP contribution in [0.2, 0.25) is 0 Å². The standard InChI is InChI=1S/C22H22FN3O/c1-16-6-2-3-8-19(16)15-26-21-14-18(11-12-24-21)22(27)25-13-10-17-7-4-5-9-20(17)23/h2-9,11-12,14H,10,13,15H2,1H3,(H,24,26)(H,25,27). The third-order valence-electron chi connectivity index (χ3n) is 4.38. The molecule has 0 saturated heterocycles. The third-order valence-corrected chi connectivity index (χ3v) is 4.38. The number of nitrogens with one attached hydrogen (secondary N) is 2. The smallest absolute Gasteiger partial charge is 0.251 e. The van der Waals surface area contributed by atoms with Crippen LogP contribution >= 0.6 is 0 Å². The highest BCUT2D eigenvalue weighted by Crippen LogP contribution is 2.12. The molecule has 4 nitrogen and oxygen atoms in total. The number of aryl methyl sites for hydroxylation is 1. The lowest BCUT2D eigenvalue weighted by Crippen LogP contribution is -2.26. The summed E-state index contributed by atoms with van der Waals surface area (Å²) in [6.45, 7) is 3.07. The van der Waals surface area contributed by atoms with Crippen molar-refractivity contribution in [3.63, 3.8) is 0 Å². The fourth-order valence-corrected chi connectivity index (χ4v) is 2.78. The van der Waals surface area contributed by atoms with E-state index < -0.39 is 0 Å². The van der Waals surface area contributed by atoms with Crippen LogP contribution in [0, 0.1) is 12.7 Å². The van der Waals surface area contributed by atoms with Crippen molar-refractivity contribution in [3.8, 4) is 0 Å². The van der Waals surface area contributed by atoms with Gasteiger partial charge in [-0.2, -0.15) is 0 Å². The Morgan fingerprint density at radius 2 is 1.78 bits per heavy atom. The van der Waals surface area contributed by atoms with E-state index in [0.717, 1.165) is 0 Å². The molecule has 1 amide bonds. The van der Waals surface area contributed by atoms with Crippen LogP contribution in [-0.4, -0.2) is 17.4 Å². The van der Waals surface area contributed by atoms with Crippen LogP contribution < -0.4 is 10.6 Å². The molecule has 0 aliphatic rings. The second kappa shape index (κ2) is 8.94. The van der Waals surface area contributed by atoms with Gasteiger partial charge in [-0.15, -0.1) is 0 Å². The molecule has 0 aliphatic carbocycles. The van der Waals surface area contributed by atoms with Gasteiger partial charge in [-0.25, -0.2) is 9.37 Å². The lowest BCUT2D eigenvalue weighted by molar-refractivity contribution is 0.0954. The second-order valence-electron chi connectivity index (χ2n) is 6.31. The second-order valence-corrected chi connectivity index (χ2v) is 6.31. The van der Waals surface area contributed by atoms with Crippen molar-refractivity contribution in [2.45, 2.75) is 19.9 Å². The predicted octanol–water partition coefficient (Wildman–Crippen LogP) is 4.11. The largest absolute Gasteiger partial charge is 0.366 e. The highest BCUT2D eigenvalue weighted by molar-refractivity contribution is 5.94. The van der Waals surface area contributed by atoms with Crippen LogP contribution in [0.1, 0.15) is 27.0 Å². The summed E-state index contributed by atoms with van der Waals surface area (Å²) >= 11 is 0. The summed E-state index contributed by atoms with van der Waals surface area (Å²) in [6, 6.07) is 18.1. The molecule has 5 heteroatoms. The Hall–Kier alpha value is -3.21. The monoisotopic (exact) mass is 363 g/mol. The van der Waals surface area contributed by atoms with E-state index in [0.29, 0.717) is 36.5 Å². The Morgan fingerprint density at radius 3 is 2.56 bits per heavy atom. The Morgan fingerprint density at radius 1 is 1.04 bits per heavy atom. The molecule has 2 N–H and O–H groups in total. The van der Waals surface area contributed by atoms with Gasteiger partial charge < -0.3 is 10.6 Å². The van der Waals surface area contributed by atoms with E-state index >= 15 is 0 Å². The normalized spacial score (nSPS) is 10.4. The molecule has 3 aromatic rings. The van der Waals surface area contributed by atoms with Crippen molar-refractivity contribution >= 4 is 11.7 Å². The number of anilines is 1. The van der Waals surface area contributed by atoms with Crippen molar-refractivity contribution in [1.29, 1.82) is 0 Å². The fraction of sp³-hybridized carbons (Fsp3) is 0.182. The summed E-state index contributed by atoms with van der Waals surface area (Å²) in [6.07, 6.45) is 2.05. The van der Waals surface area contributed by atoms with Crippen LogP contribution in [0.5, 0.6) is 0 Å². The van der Waals surface area contributed by atoms with Gasteiger partial charge >= 0.3 is 0 Å². The molecular weight excluding hydrogens is 341 g/mol. The molecule has 0 atom stereocenters. The summed E-state index contributed by atoms with van der Waals surface area (Å²) in [4.78, 5) is 16.6. The minimum Gasteiger partial charge on any atom is -0.366 e. The average Bonchev–Trinajstić information content (AvgIpc) is 2.69. The van der Waals surface area contributed by atoms with Gasteiger partial charge in [0, 0.05) is 24.8 Å². The summed E-state index contributed by atoms with van der Waals surface area (Å²) in [7, 11) is 0. The summed E-state index contributed by atoms with van der Waals surface area (Å²) < 4.78 is 13.6. The molecule has 2 aromatic carbocycles. The first-order chi connectivity index (χ1) is 13.1. The number of carbonyl (C=O) groups excluding carboxylic acids is 1. The van der Waals surface area contributed by atoms with E-state index in [-0.39, 0.29) is 11.7 Å². The number of pyridine rings is 1. The summed E-state index contributed by atoms with van der Waals surface area (Å²) in [5, 5.41) is 6.07. The van der Waals surface area contributed by atoms with Gasteiger partial charge in [0.25, 0.3) is 5.91 Å². The Bertz CT molecular complexity index is 927. The molecule has 0 aliphatic heterocycles. The number of hydrogen-bond donors (Lipinski definition) is 2. The SMILES string of the molecule is Cc1ccccc1CNc1cc(C(=O)NCCc2ccccc2F)ccn1. The quantitative estimate of drug-likeness (QED) is 0.664. The van der Waals surface area contributed by atoms with Gasteiger partial charge in [0.1, 0.15) is 11.6 Å². The third kappa shape index (κ3) is 5.14. The molecule has 1 heterocycles. The number of aromatic nitrogens is 1. The van der Waals surface area contributed by atoms with Gasteiger partial charge in [0.15, 0.2) is 0 Å². The summed E-state index contributed by atoms with van der Waals surface area (Å²) in [5.41, 5.74) is 3.49. The number of halogens is 1. The Balaban J connectivity index is 1.55. The zero-order valence-corrected chi connectivity index (χ0v) is 15.2. The van der Waals surface area contributed by atoms with E-state index in [4.69, 9.17) is 0 Å². The fourth-order valence-electron chi connectivity index (χ4n) is 2.78. The molecule has 0 unspecified atom stereocenters. The topological polar surface area (TPSA) is 54.0 Å². The van der Waals surface area contributed by atoms with Gasteiger partial charge in [0.2, 0.25) is 0 Å². The van der Waals surface area contributed by atoms with Gasteiger partial charge in [-0.05, 0) is 48.2 Å². The Labute approximate surface area is 158 Å². The van der Waals surface area contributed by atoms with E-state index in [9.17, 15) is 9.18 Å². The molecule has 0 saturated carbocycles. The lowest BCUT2D eigenvalue weighted by Gasteiger charge is -2.10. The average molecular weight is 363 g/mol. The molecule has 0 fully saturated rings. The minimum atomic E-state index is -0.252. The van der Waals surface area contributed by atoms with E-state index in [1.165, 1.54) is 17.2 Å². The number of nitrogens with zero attached hydrogens (tertiary/aromatic N) is 1. The maximum absolute atomic E-state index is 13.6. The molecule has 0 bridgehead atoms. The number of benzene rings is 2. The van der Waals surface area contributed by atoms with Gasteiger partial charge in [-0.3, -0.25) is 4.79 Å². The first-order valence-corrected chi connectivity index (χ1v) is 8.89. The molecule has 138 valence electrons. The molecule has 3 rings (SSSR count). The number of carbonyl (C=O) groups is 1. The van der Waals surface area contributed by atoms with Crippen LogP contribution in [-0.2, 0) is 13.0 Å². The Kier molecular flexibility index (Phi) is 6.15. The summed E-state index contributed by atoms with van der Waals surface area (Å²) in [5.74, 6) is 0.186. The molecule has 0 radical (unpaired) electrons. The maximum atomic E-state index is 13.6. The van der Waals surface area contributed by atoms with Crippen molar-refractivity contribution in [3.05, 3.63) is 94.9 Å². The zero-order valence-electron chi connectivity index (χ0n) is 15.2. The van der Waals surface area contributed by atoms with Crippen LogP contribution in [0.3, 0.4) is 0 Å². The van der Waals surface area contributed by atoms with Crippen molar-refractivity contribution in [2.24, 2.45) is 0 Å². The number of amides is 1. The molecule has 27 heavy (non-hydrogen) atoms. The first-order valence-electron chi connectivity index (χ1n) is 8.89. The number of hydrogen-bond acceptors (Lipinski definition) is 3.